The van der Waals surface area contributed by atoms with E-state index in [4.69, 9.17) is 5.73 Å². The van der Waals surface area contributed by atoms with E-state index in [1.54, 1.807) is 31.1 Å². The van der Waals surface area contributed by atoms with Crippen LogP contribution >= 0.6 is 0 Å². The van der Waals surface area contributed by atoms with E-state index in [9.17, 15) is 4.79 Å². The molecule has 0 aromatic heterocycles. The standard InChI is InChI=1S/C16H25N3O/c1-16(2)8-7-12(10-16)18-14-9-11(17)5-6-13(14)15(20)19(3)4/h5-6,9,12,18H,7-8,10,17H2,1-4H3. The van der Waals surface area contributed by atoms with Crippen molar-refractivity contribution in [2.24, 2.45) is 5.41 Å². The largest absolute Gasteiger partial charge is 0.399 e. The maximum Gasteiger partial charge on any atom is 0.255 e. The van der Waals surface area contributed by atoms with Crippen LogP contribution in [0.2, 0.25) is 0 Å². The first kappa shape index (κ1) is 14.7. The maximum absolute atomic E-state index is 12.2. The molecule has 1 aliphatic carbocycles. The van der Waals surface area contributed by atoms with Gasteiger partial charge in [0, 0.05) is 31.5 Å². The lowest BCUT2D eigenvalue weighted by Gasteiger charge is -2.21. The molecule has 1 amide bonds. The van der Waals surface area contributed by atoms with Gasteiger partial charge in [-0.25, -0.2) is 0 Å². The number of nitrogens with one attached hydrogen (secondary N) is 1. The Kier molecular flexibility index (Phi) is 3.93. The highest BCUT2D eigenvalue weighted by Gasteiger charge is 2.31. The summed E-state index contributed by atoms with van der Waals surface area (Å²) in [6.07, 6.45) is 3.47. The Labute approximate surface area is 121 Å². The molecule has 1 aromatic carbocycles. The van der Waals surface area contributed by atoms with Gasteiger partial charge in [0.05, 0.1) is 5.56 Å². The van der Waals surface area contributed by atoms with Gasteiger partial charge in [0.15, 0.2) is 0 Å². The number of benzene rings is 1. The molecule has 0 bridgehead atoms. The van der Waals surface area contributed by atoms with E-state index < -0.39 is 0 Å². The number of hydrogen-bond donors (Lipinski definition) is 2. The zero-order chi connectivity index (χ0) is 14.9. The number of nitrogens with two attached hydrogens (primary N) is 1. The molecular formula is C16H25N3O. The molecule has 0 heterocycles. The molecule has 0 saturated heterocycles. The van der Waals surface area contributed by atoms with Gasteiger partial charge in [0.2, 0.25) is 0 Å². The Bertz CT molecular complexity index is 508. The number of amides is 1. The highest BCUT2D eigenvalue weighted by Crippen LogP contribution is 2.38. The molecule has 2 rings (SSSR count). The number of anilines is 2. The van der Waals surface area contributed by atoms with Gasteiger partial charge in [0.25, 0.3) is 5.91 Å². The molecule has 0 aliphatic heterocycles. The Morgan fingerprint density at radius 2 is 2.10 bits per heavy atom. The first-order valence-electron chi connectivity index (χ1n) is 7.16. The minimum absolute atomic E-state index is 0.00440. The average Bonchev–Trinajstić information content (AvgIpc) is 2.68. The van der Waals surface area contributed by atoms with E-state index in [1.165, 1.54) is 6.42 Å². The van der Waals surface area contributed by atoms with Crippen LogP contribution in [0.1, 0.15) is 43.5 Å². The summed E-state index contributed by atoms with van der Waals surface area (Å²) in [5.41, 5.74) is 8.47. The van der Waals surface area contributed by atoms with Crippen LogP contribution in [-0.4, -0.2) is 30.9 Å². The number of hydrogen-bond acceptors (Lipinski definition) is 3. The SMILES string of the molecule is CN(C)C(=O)c1ccc(N)cc1NC1CCC(C)(C)C1. The minimum Gasteiger partial charge on any atom is -0.399 e. The van der Waals surface area contributed by atoms with E-state index in [0.29, 0.717) is 22.7 Å². The van der Waals surface area contributed by atoms with Gasteiger partial charge in [-0.15, -0.1) is 0 Å². The number of nitrogen functional groups attached to an aromatic ring is 1. The molecule has 1 atom stereocenters. The highest BCUT2D eigenvalue weighted by atomic mass is 16.2. The molecule has 1 aliphatic rings. The minimum atomic E-state index is 0.00440. The van der Waals surface area contributed by atoms with Crippen molar-refractivity contribution in [3.8, 4) is 0 Å². The van der Waals surface area contributed by atoms with Crippen LogP contribution in [-0.2, 0) is 0 Å². The second-order valence-electron chi connectivity index (χ2n) is 6.75. The zero-order valence-corrected chi connectivity index (χ0v) is 12.9. The Morgan fingerprint density at radius 1 is 1.40 bits per heavy atom. The molecule has 1 aromatic rings. The van der Waals surface area contributed by atoms with E-state index in [-0.39, 0.29) is 5.91 Å². The molecule has 1 saturated carbocycles. The first-order chi connectivity index (χ1) is 9.28. The van der Waals surface area contributed by atoms with Crippen LogP contribution in [0.4, 0.5) is 11.4 Å². The topological polar surface area (TPSA) is 58.4 Å². The third-order valence-corrected chi connectivity index (χ3v) is 4.01. The van der Waals surface area contributed by atoms with Crippen molar-refractivity contribution >= 4 is 17.3 Å². The maximum atomic E-state index is 12.2. The third kappa shape index (κ3) is 3.24. The molecule has 0 spiro atoms. The van der Waals surface area contributed by atoms with Gasteiger partial charge < -0.3 is 16.0 Å². The van der Waals surface area contributed by atoms with Crippen LogP contribution in [0.5, 0.6) is 0 Å². The number of carbonyl (C=O) groups is 1. The summed E-state index contributed by atoms with van der Waals surface area (Å²) in [7, 11) is 3.53. The predicted octanol–water partition coefficient (Wildman–Crippen LogP) is 2.96. The van der Waals surface area contributed by atoms with Crippen molar-refractivity contribution in [3.63, 3.8) is 0 Å². The summed E-state index contributed by atoms with van der Waals surface area (Å²) in [6, 6.07) is 5.86. The smallest absolute Gasteiger partial charge is 0.255 e. The second-order valence-corrected chi connectivity index (χ2v) is 6.75. The van der Waals surface area contributed by atoms with Crippen molar-refractivity contribution in [1.29, 1.82) is 0 Å². The van der Waals surface area contributed by atoms with Gasteiger partial charge in [-0.05, 0) is 42.9 Å². The lowest BCUT2D eigenvalue weighted by atomic mass is 9.92. The number of rotatable bonds is 3. The van der Waals surface area contributed by atoms with Crippen molar-refractivity contribution in [2.75, 3.05) is 25.1 Å². The number of nitrogens with zero attached hydrogens (tertiary/aromatic N) is 1. The summed E-state index contributed by atoms with van der Waals surface area (Å²) in [5.74, 6) is 0.00440. The Hall–Kier alpha value is -1.71. The fourth-order valence-electron chi connectivity index (χ4n) is 2.89. The van der Waals surface area contributed by atoms with Gasteiger partial charge in [-0.2, -0.15) is 0 Å². The van der Waals surface area contributed by atoms with Gasteiger partial charge in [-0.3, -0.25) is 4.79 Å². The predicted molar refractivity (Wildman–Crippen MR) is 83.9 cm³/mol. The lowest BCUT2D eigenvalue weighted by molar-refractivity contribution is 0.0828. The zero-order valence-electron chi connectivity index (χ0n) is 12.9. The van der Waals surface area contributed by atoms with Gasteiger partial charge in [-0.1, -0.05) is 13.8 Å². The Morgan fingerprint density at radius 3 is 2.65 bits per heavy atom. The van der Waals surface area contributed by atoms with E-state index in [0.717, 1.165) is 18.5 Å². The fourth-order valence-corrected chi connectivity index (χ4v) is 2.89. The molecule has 110 valence electrons. The summed E-state index contributed by atoms with van der Waals surface area (Å²) in [4.78, 5) is 13.8. The average molecular weight is 275 g/mol. The van der Waals surface area contributed by atoms with Crippen molar-refractivity contribution < 1.29 is 4.79 Å². The number of carbonyl (C=O) groups excluding carboxylic acids is 1. The third-order valence-electron chi connectivity index (χ3n) is 4.01. The van der Waals surface area contributed by atoms with Crippen LogP contribution < -0.4 is 11.1 Å². The molecule has 1 unspecified atom stereocenters. The summed E-state index contributed by atoms with van der Waals surface area (Å²) >= 11 is 0. The molecule has 3 N–H and O–H groups in total. The van der Waals surface area contributed by atoms with Gasteiger partial charge >= 0.3 is 0 Å². The van der Waals surface area contributed by atoms with Crippen LogP contribution in [0.25, 0.3) is 0 Å². The Balaban J connectivity index is 2.22. The van der Waals surface area contributed by atoms with Gasteiger partial charge in [0.1, 0.15) is 0 Å². The summed E-state index contributed by atoms with van der Waals surface area (Å²) in [5, 5.41) is 3.51. The summed E-state index contributed by atoms with van der Waals surface area (Å²) < 4.78 is 0. The second kappa shape index (κ2) is 5.35. The molecule has 20 heavy (non-hydrogen) atoms. The lowest BCUT2D eigenvalue weighted by Crippen LogP contribution is -2.25. The van der Waals surface area contributed by atoms with E-state index in [2.05, 4.69) is 19.2 Å². The molecule has 0 radical (unpaired) electrons. The highest BCUT2D eigenvalue weighted by molar-refractivity contribution is 6.00. The van der Waals surface area contributed by atoms with E-state index >= 15 is 0 Å². The van der Waals surface area contributed by atoms with Crippen molar-refractivity contribution in [3.05, 3.63) is 23.8 Å². The van der Waals surface area contributed by atoms with Crippen LogP contribution in [0.15, 0.2) is 18.2 Å². The van der Waals surface area contributed by atoms with Crippen molar-refractivity contribution in [1.82, 2.24) is 4.90 Å². The quantitative estimate of drug-likeness (QED) is 0.834. The summed E-state index contributed by atoms with van der Waals surface area (Å²) in [6.45, 7) is 4.58. The fraction of sp³-hybridized carbons (Fsp3) is 0.562. The van der Waals surface area contributed by atoms with Crippen LogP contribution in [0.3, 0.4) is 0 Å². The first-order valence-corrected chi connectivity index (χ1v) is 7.16. The normalized spacial score (nSPS) is 20.7. The molecule has 4 nitrogen and oxygen atoms in total. The molecule has 1 fully saturated rings. The van der Waals surface area contributed by atoms with Crippen LogP contribution in [0, 0.1) is 5.41 Å². The monoisotopic (exact) mass is 275 g/mol. The molecular weight excluding hydrogens is 250 g/mol. The molecule has 4 heteroatoms. The van der Waals surface area contributed by atoms with Crippen molar-refractivity contribution in [2.45, 2.75) is 39.2 Å². The van der Waals surface area contributed by atoms with E-state index in [1.807, 2.05) is 6.07 Å².